The van der Waals surface area contributed by atoms with E-state index in [4.69, 9.17) is 19.3 Å². The fourth-order valence-corrected chi connectivity index (χ4v) is 3.12. The van der Waals surface area contributed by atoms with Gasteiger partial charge in [-0.05, 0) is 29.1 Å². The van der Waals surface area contributed by atoms with Crippen LogP contribution in [0.15, 0.2) is 29.6 Å². The van der Waals surface area contributed by atoms with E-state index >= 15 is 0 Å². The minimum atomic E-state index is -1.10. The SMILES string of the molecule is COc1cc(CN(CC(=O)O)C(=O)c2sccc2OC)cc(OC)c1. The Morgan fingerprint density at radius 1 is 1.08 bits per heavy atom. The lowest BCUT2D eigenvalue weighted by Gasteiger charge is -2.21. The summed E-state index contributed by atoms with van der Waals surface area (Å²) >= 11 is 1.20. The van der Waals surface area contributed by atoms with Crippen LogP contribution in [0.4, 0.5) is 0 Å². The van der Waals surface area contributed by atoms with Crippen LogP contribution in [-0.2, 0) is 11.3 Å². The summed E-state index contributed by atoms with van der Waals surface area (Å²) in [6.07, 6.45) is 0. The van der Waals surface area contributed by atoms with Crippen molar-refractivity contribution in [1.82, 2.24) is 4.90 Å². The average Bonchev–Trinajstić information content (AvgIpc) is 3.08. The first-order chi connectivity index (χ1) is 12.0. The second-order valence-corrected chi connectivity index (χ2v) is 6.01. The highest BCUT2D eigenvalue weighted by Crippen LogP contribution is 2.28. The summed E-state index contributed by atoms with van der Waals surface area (Å²) in [7, 11) is 4.51. The van der Waals surface area contributed by atoms with E-state index in [2.05, 4.69) is 0 Å². The highest BCUT2D eigenvalue weighted by atomic mass is 32.1. The number of carbonyl (C=O) groups is 2. The van der Waals surface area contributed by atoms with E-state index < -0.39 is 18.4 Å². The highest BCUT2D eigenvalue weighted by molar-refractivity contribution is 7.12. The van der Waals surface area contributed by atoms with Crippen molar-refractivity contribution in [3.63, 3.8) is 0 Å². The standard InChI is InChI=1S/C17H19NO6S/c1-22-12-6-11(7-13(8-12)23-2)9-18(10-15(19)20)17(21)16-14(24-3)4-5-25-16/h4-8H,9-10H2,1-3H3,(H,19,20). The molecule has 0 unspecified atom stereocenters. The summed E-state index contributed by atoms with van der Waals surface area (Å²) in [5.41, 5.74) is 0.696. The molecule has 25 heavy (non-hydrogen) atoms. The maximum atomic E-state index is 12.8. The topological polar surface area (TPSA) is 85.3 Å². The van der Waals surface area contributed by atoms with Crippen LogP contribution in [0.3, 0.4) is 0 Å². The molecule has 1 heterocycles. The first kappa shape index (κ1) is 18.6. The quantitative estimate of drug-likeness (QED) is 0.774. The van der Waals surface area contributed by atoms with E-state index in [9.17, 15) is 9.59 Å². The van der Waals surface area contributed by atoms with Crippen LogP contribution < -0.4 is 14.2 Å². The van der Waals surface area contributed by atoms with Crippen LogP contribution in [-0.4, -0.2) is 49.8 Å². The number of rotatable bonds is 8. The van der Waals surface area contributed by atoms with Crippen molar-refractivity contribution >= 4 is 23.2 Å². The number of carbonyl (C=O) groups excluding carboxylic acids is 1. The predicted molar refractivity (Wildman–Crippen MR) is 92.8 cm³/mol. The smallest absolute Gasteiger partial charge is 0.323 e. The van der Waals surface area contributed by atoms with Crippen LogP contribution in [0.25, 0.3) is 0 Å². The second-order valence-electron chi connectivity index (χ2n) is 5.09. The maximum absolute atomic E-state index is 12.8. The average molecular weight is 365 g/mol. The summed E-state index contributed by atoms with van der Waals surface area (Å²) in [5.74, 6) is 0.0416. The lowest BCUT2D eigenvalue weighted by atomic mass is 10.1. The summed E-state index contributed by atoms with van der Waals surface area (Å²) < 4.78 is 15.6. The van der Waals surface area contributed by atoms with Gasteiger partial charge in [-0.15, -0.1) is 11.3 Å². The molecule has 1 N–H and O–H groups in total. The number of carboxylic acids is 1. The number of nitrogens with zero attached hydrogens (tertiary/aromatic N) is 1. The van der Waals surface area contributed by atoms with Gasteiger partial charge < -0.3 is 24.2 Å². The number of thiophene rings is 1. The van der Waals surface area contributed by atoms with Crippen LogP contribution in [0.2, 0.25) is 0 Å². The molecule has 0 fully saturated rings. The van der Waals surface area contributed by atoms with Gasteiger partial charge in [-0.2, -0.15) is 0 Å². The lowest BCUT2D eigenvalue weighted by molar-refractivity contribution is -0.137. The van der Waals surface area contributed by atoms with Crippen molar-refractivity contribution < 1.29 is 28.9 Å². The molecule has 0 radical (unpaired) electrons. The fraction of sp³-hybridized carbons (Fsp3) is 0.294. The number of carboxylic acid groups (broad SMARTS) is 1. The summed E-state index contributed by atoms with van der Waals surface area (Å²) in [6, 6.07) is 6.84. The Balaban J connectivity index is 2.32. The zero-order valence-corrected chi connectivity index (χ0v) is 15.0. The zero-order valence-electron chi connectivity index (χ0n) is 14.1. The maximum Gasteiger partial charge on any atom is 0.323 e. The fourth-order valence-electron chi connectivity index (χ4n) is 2.30. The summed E-state index contributed by atoms with van der Waals surface area (Å²) in [4.78, 5) is 25.6. The van der Waals surface area contributed by atoms with Gasteiger partial charge in [0.15, 0.2) is 0 Å². The largest absolute Gasteiger partial charge is 0.497 e. The zero-order chi connectivity index (χ0) is 18.4. The molecule has 1 aromatic carbocycles. The van der Waals surface area contributed by atoms with Crippen LogP contribution >= 0.6 is 11.3 Å². The van der Waals surface area contributed by atoms with Gasteiger partial charge in [0.1, 0.15) is 28.7 Å². The first-order valence-electron chi connectivity index (χ1n) is 7.33. The van der Waals surface area contributed by atoms with Crippen molar-refractivity contribution in [2.45, 2.75) is 6.54 Å². The monoisotopic (exact) mass is 365 g/mol. The van der Waals surface area contributed by atoms with E-state index in [0.717, 1.165) is 0 Å². The van der Waals surface area contributed by atoms with Crippen molar-refractivity contribution in [3.8, 4) is 17.2 Å². The van der Waals surface area contributed by atoms with Crippen molar-refractivity contribution in [3.05, 3.63) is 40.1 Å². The number of benzene rings is 1. The minimum Gasteiger partial charge on any atom is -0.497 e. The van der Waals surface area contributed by atoms with E-state index in [1.807, 2.05) is 0 Å². The third kappa shape index (κ3) is 4.63. The molecule has 0 atom stereocenters. The van der Waals surface area contributed by atoms with Gasteiger partial charge in [0.05, 0.1) is 21.3 Å². The van der Waals surface area contributed by atoms with Gasteiger partial charge in [0.25, 0.3) is 5.91 Å². The molecule has 0 aliphatic carbocycles. The van der Waals surface area contributed by atoms with Crippen molar-refractivity contribution in [1.29, 1.82) is 0 Å². The Hall–Kier alpha value is -2.74. The molecule has 2 rings (SSSR count). The number of methoxy groups -OCH3 is 3. The molecule has 0 saturated heterocycles. The van der Waals surface area contributed by atoms with Crippen molar-refractivity contribution in [2.75, 3.05) is 27.9 Å². The number of hydrogen-bond donors (Lipinski definition) is 1. The molecular formula is C17H19NO6S. The van der Waals surface area contributed by atoms with E-state index in [0.29, 0.717) is 27.7 Å². The minimum absolute atomic E-state index is 0.0970. The molecule has 7 nitrogen and oxygen atoms in total. The Labute approximate surface area is 149 Å². The molecule has 8 heteroatoms. The van der Waals surface area contributed by atoms with Gasteiger partial charge in [-0.3, -0.25) is 9.59 Å². The Morgan fingerprint density at radius 2 is 1.72 bits per heavy atom. The Kier molecular flexibility index (Phi) is 6.24. The van der Waals surface area contributed by atoms with E-state index in [1.54, 1.807) is 29.6 Å². The molecule has 0 aliphatic heterocycles. The predicted octanol–water partition coefficient (Wildman–Crippen LogP) is 2.50. The van der Waals surface area contributed by atoms with E-state index in [1.165, 1.54) is 37.6 Å². The number of aliphatic carboxylic acids is 1. The Bertz CT molecular complexity index is 735. The van der Waals surface area contributed by atoms with E-state index in [-0.39, 0.29) is 6.54 Å². The van der Waals surface area contributed by atoms with Crippen molar-refractivity contribution in [2.24, 2.45) is 0 Å². The molecular weight excluding hydrogens is 346 g/mol. The molecule has 2 aromatic rings. The third-order valence-electron chi connectivity index (χ3n) is 3.44. The van der Waals surface area contributed by atoms with Gasteiger partial charge in [-0.25, -0.2) is 0 Å². The Morgan fingerprint density at radius 3 is 2.24 bits per heavy atom. The number of amides is 1. The van der Waals surface area contributed by atoms with Gasteiger partial charge >= 0.3 is 5.97 Å². The highest BCUT2D eigenvalue weighted by Gasteiger charge is 2.23. The van der Waals surface area contributed by atoms with Gasteiger partial charge in [-0.1, -0.05) is 0 Å². The van der Waals surface area contributed by atoms with Gasteiger partial charge in [0, 0.05) is 12.6 Å². The second kappa shape index (κ2) is 8.39. The van der Waals surface area contributed by atoms with Crippen LogP contribution in [0.5, 0.6) is 17.2 Å². The number of hydrogen-bond acceptors (Lipinski definition) is 6. The molecule has 0 spiro atoms. The first-order valence-corrected chi connectivity index (χ1v) is 8.21. The molecule has 1 amide bonds. The molecule has 0 saturated carbocycles. The lowest BCUT2D eigenvalue weighted by Crippen LogP contribution is -2.35. The molecule has 134 valence electrons. The molecule has 0 bridgehead atoms. The van der Waals surface area contributed by atoms with Crippen LogP contribution in [0, 0.1) is 0 Å². The van der Waals surface area contributed by atoms with Crippen LogP contribution in [0.1, 0.15) is 15.2 Å². The summed E-state index contributed by atoms with van der Waals surface area (Å²) in [6.45, 7) is -0.334. The third-order valence-corrected chi connectivity index (χ3v) is 4.32. The number of ether oxygens (including phenoxy) is 3. The normalized spacial score (nSPS) is 10.2. The molecule has 1 aromatic heterocycles. The summed E-state index contributed by atoms with van der Waals surface area (Å²) in [5, 5.41) is 10.9. The molecule has 0 aliphatic rings. The van der Waals surface area contributed by atoms with Gasteiger partial charge in [0.2, 0.25) is 0 Å².